The normalized spacial score (nSPS) is 17.5. The second-order valence-corrected chi connectivity index (χ2v) is 8.53. The smallest absolute Gasteiger partial charge is 0.345 e. The van der Waals surface area contributed by atoms with E-state index in [0.29, 0.717) is 22.9 Å². The van der Waals surface area contributed by atoms with Crippen molar-refractivity contribution in [3.63, 3.8) is 0 Å². The average molecular weight is 435 g/mol. The van der Waals surface area contributed by atoms with Gasteiger partial charge in [0.15, 0.2) is 11.5 Å². The second kappa shape index (κ2) is 8.06. The van der Waals surface area contributed by atoms with Gasteiger partial charge in [-0.05, 0) is 49.7 Å². The van der Waals surface area contributed by atoms with Gasteiger partial charge in [-0.3, -0.25) is 4.90 Å². The van der Waals surface area contributed by atoms with Crippen LogP contribution in [0.3, 0.4) is 0 Å². The van der Waals surface area contributed by atoms with E-state index >= 15 is 0 Å². The topological polar surface area (TPSA) is 54.0 Å². The molecular weight excluding hydrogens is 407 g/mol. The number of halogens is 1. The standard InChI is InChI=1S/C25H27FN4O2/c1-4-18-14-29(9-8-28(18)5-2)19-7-6-17-11-20(25(31)32-23(17)12-19)22-15-30-13-16(3)10-21(26)24(30)27-22/h6-7,10-13,15,18H,4-5,8-9,14H2,1-3H3. The summed E-state index contributed by atoms with van der Waals surface area (Å²) in [6, 6.07) is 9.73. The highest BCUT2D eigenvalue weighted by Crippen LogP contribution is 2.27. The van der Waals surface area contributed by atoms with Crippen LogP contribution in [0.25, 0.3) is 27.9 Å². The van der Waals surface area contributed by atoms with E-state index in [1.807, 2.05) is 19.1 Å². The number of fused-ring (bicyclic) bond motifs is 2. The number of nitrogens with zero attached hydrogens (tertiary/aromatic N) is 4. The predicted molar refractivity (Wildman–Crippen MR) is 125 cm³/mol. The predicted octanol–water partition coefficient (Wildman–Crippen LogP) is 4.48. The van der Waals surface area contributed by atoms with Crippen molar-refractivity contribution >= 4 is 22.3 Å². The molecule has 1 aliphatic rings. The molecule has 0 amide bonds. The molecule has 166 valence electrons. The quantitative estimate of drug-likeness (QED) is 0.444. The average Bonchev–Trinajstić information content (AvgIpc) is 3.21. The summed E-state index contributed by atoms with van der Waals surface area (Å²) in [5.41, 5.74) is 2.84. The molecule has 1 aromatic carbocycles. The summed E-state index contributed by atoms with van der Waals surface area (Å²) >= 11 is 0. The Morgan fingerprint density at radius 1 is 1.16 bits per heavy atom. The van der Waals surface area contributed by atoms with Crippen molar-refractivity contribution in [3.8, 4) is 11.3 Å². The van der Waals surface area contributed by atoms with Crippen molar-refractivity contribution in [1.29, 1.82) is 0 Å². The van der Waals surface area contributed by atoms with Crippen molar-refractivity contribution in [2.24, 2.45) is 0 Å². The van der Waals surface area contributed by atoms with Crippen LogP contribution in [0.1, 0.15) is 25.8 Å². The van der Waals surface area contributed by atoms with Gasteiger partial charge in [-0.25, -0.2) is 14.2 Å². The van der Waals surface area contributed by atoms with Crippen LogP contribution in [0, 0.1) is 12.7 Å². The Bertz CT molecular complexity index is 1360. The summed E-state index contributed by atoms with van der Waals surface area (Å²) in [4.78, 5) is 22.0. The summed E-state index contributed by atoms with van der Waals surface area (Å²) < 4.78 is 21.6. The number of anilines is 1. The molecular formula is C25H27FN4O2. The molecule has 0 saturated carbocycles. The van der Waals surface area contributed by atoms with Crippen LogP contribution in [0.5, 0.6) is 0 Å². The highest BCUT2D eigenvalue weighted by molar-refractivity contribution is 5.84. The lowest BCUT2D eigenvalue weighted by Crippen LogP contribution is -2.52. The highest BCUT2D eigenvalue weighted by Gasteiger charge is 2.25. The Hall–Kier alpha value is -3.19. The Labute approximate surface area is 185 Å². The van der Waals surface area contributed by atoms with E-state index in [4.69, 9.17) is 4.42 Å². The van der Waals surface area contributed by atoms with Gasteiger partial charge in [0, 0.05) is 55.2 Å². The first-order chi connectivity index (χ1) is 15.5. The zero-order chi connectivity index (χ0) is 22.4. The van der Waals surface area contributed by atoms with E-state index in [9.17, 15) is 9.18 Å². The summed E-state index contributed by atoms with van der Waals surface area (Å²) in [7, 11) is 0. The van der Waals surface area contributed by atoms with Crippen LogP contribution < -0.4 is 10.5 Å². The van der Waals surface area contributed by atoms with Gasteiger partial charge in [0.2, 0.25) is 0 Å². The molecule has 7 heteroatoms. The molecule has 0 spiro atoms. The lowest BCUT2D eigenvalue weighted by atomic mass is 10.1. The van der Waals surface area contributed by atoms with Gasteiger partial charge < -0.3 is 13.7 Å². The Kier molecular flexibility index (Phi) is 5.21. The van der Waals surface area contributed by atoms with Crippen molar-refractivity contribution in [3.05, 3.63) is 64.5 Å². The summed E-state index contributed by atoms with van der Waals surface area (Å²) in [6.45, 7) is 10.3. The number of piperazine rings is 1. The minimum absolute atomic E-state index is 0.192. The van der Waals surface area contributed by atoms with Gasteiger partial charge in [0.25, 0.3) is 0 Å². The maximum Gasteiger partial charge on any atom is 0.345 e. The monoisotopic (exact) mass is 434 g/mol. The first-order valence-electron chi connectivity index (χ1n) is 11.2. The number of imidazole rings is 1. The molecule has 0 radical (unpaired) electrons. The molecule has 0 bridgehead atoms. The molecule has 1 atom stereocenters. The first kappa shape index (κ1) is 20.7. The number of rotatable bonds is 4. The molecule has 1 unspecified atom stereocenters. The number of hydrogen-bond acceptors (Lipinski definition) is 5. The SMILES string of the molecule is CCC1CN(c2ccc3cc(-c4cn5cc(C)cc(F)c5n4)c(=O)oc3c2)CCN1CC. The zero-order valence-corrected chi connectivity index (χ0v) is 18.6. The van der Waals surface area contributed by atoms with Crippen molar-refractivity contribution in [2.45, 2.75) is 33.2 Å². The van der Waals surface area contributed by atoms with Crippen LogP contribution in [0.2, 0.25) is 0 Å². The van der Waals surface area contributed by atoms with E-state index in [1.54, 1.807) is 22.9 Å². The third kappa shape index (κ3) is 3.56. The molecule has 4 heterocycles. The van der Waals surface area contributed by atoms with Crippen molar-refractivity contribution in [2.75, 3.05) is 31.1 Å². The van der Waals surface area contributed by atoms with Crippen LogP contribution in [0.4, 0.5) is 10.1 Å². The Balaban J connectivity index is 1.50. The number of hydrogen-bond donors (Lipinski definition) is 0. The fraction of sp³-hybridized carbons (Fsp3) is 0.360. The van der Waals surface area contributed by atoms with Crippen LogP contribution >= 0.6 is 0 Å². The Morgan fingerprint density at radius 2 is 2.00 bits per heavy atom. The van der Waals surface area contributed by atoms with E-state index in [2.05, 4.69) is 34.7 Å². The summed E-state index contributed by atoms with van der Waals surface area (Å²) in [6.07, 6.45) is 4.55. The van der Waals surface area contributed by atoms with Crippen LogP contribution in [-0.4, -0.2) is 46.5 Å². The fourth-order valence-corrected chi connectivity index (χ4v) is 4.73. The lowest BCUT2D eigenvalue weighted by molar-refractivity contribution is 0.181. The van der Waals surface area contributed by atoms with Gasteiger partial charge in [-0.1, -0.05) is 13.8 Å². The molecule has 3 aromatic heterocycles. The Morgan fingerprint density at radius 3 is 2.78 bits per heavy atom. The summed E-state index contributed by atoms with van der Waals surface area (Å²) in [5.74, 6) is -0.417. The molecule has 4 aromatic rings. The number of benzene rings is 1. The van der Waals surface area contributed by atoms with E-state index in [0.717, 1.165) is 49.2 Å². The maximum atomic E-state index is 14.3. The largest absolute Gasteiger partial charge is 0.422 e. The molecule has 0 aliphatic carbocycles. The van der Waals surface area contributed by atoms with Gasteiger partial charge in [-0.2, -0.15) is 0 Å². The number of pyridine rings is 1. The van der Waals surface area contributed by atoms with E-state index < -0.39 is 11.4 Å². The van der Waals surface area contributed by atoms with Gasteiger partial charge >= 0.3 is 5.63 Å². The third-order valence-corrected chi connectivity index (χ3v) is 6.49. The number of aryl methyl sites for hydroxylation is 1. The molecule has 0 N–H and O–H groups in total. The molecule has 5 rings (SSSR count). The molecule has 1 fully saturated rings. The highest BCUT2D eigenvalue weighted by atomic mass is 19.1. The molecule has 1 aliphatic heterocycles. The fourth-order valence-electron chi connectivity index (χ4n) is 4.73. The molecule has 6 nitrogen and oxygen atoms in total. The number of aromatic nitrogens is 2. The lowest BCUT2D eigenvalue weighted by Gasteiger charge is -2.41. The van der Waals surface area contributed by atoms with Gasteiger partial charge in [0.1, 0.15) is 5.58 Å². The third-order valence-electron chi connectivity index (χ3n) is 6.49. The molecule has 1 saturated heterocycles. The summed E-state index contributed by atoms with van der Waals surface area (Å²) in [5, 5.41) is 0.816. The zero-order valence-electron chi connectivity index (χ0n) is 18.6. The molecule has 32 heavy (non-hydrogen) atoms. The maximum absolute atomic E-state index is 14.3. The second-order valence-electron chi connectivity index (χ2n) is 8.53. The van der Waals surface area contributed by atoms with E-state index in [1.165, 1.54) is 6.07 Å². The van der Waals surface area contributed by atoms with Gasteiger partial charge in [-0.15, -0.1) is 0 Å². The first-order valence-corrected chi connectivity index (χ1v) is 11.2. The van der Waals surface area contributed by atoms with E-state index in [-0.39, 0.29) is 5.65 Å². The minimum Gasteiger partial charge on any atom is -0.422 e. The van der Waals surface area contributed by atoms with Crippen LogP contribution in [0.15, 0.2) is 51.9 Å². The van der Waals surface area contributed by atoms with Crippen molar-refractivity contribution in [1.82, 2.24) is 14.3 Å². The number of likely N-dealkylation sites (N-methyl/N-ethyl adjacent to an activating group) is 1. The van der Waals surface area contributed by atoms with Gasteiger partial charge in [0.05, 0.1) is 11.3 Å². The van der Waals surface area contributed by atoms with Crippen LogP contribution in [-0.2, 0) is 0 Å². The minimum atomic E-state index is -0.475. The van der Waals surface area contributed by atoms with Crippen molar-refractivity contribution < 1.29 is 8.81 Å².